The van der Waals surface area contributed by atoms with Crippen LogP contribution in [0.4, 0.5) is 0 Å². The first-order valence-corrected chi connectivity index (χ1v) is 7.15. The van der Waals surface area contributed by atoms with E-state index in [1.165, 1.54) is 11.3 Å². The molecule has 0 saturated heterocycles. The van der Waals surface area contributed by atoms with Gasteiger partial charge in [-0.05, 0) is 37.3 Å². The van der Waals surface area contributed by atoms with Gasteiger partial charge in [-0.3, -0.25) is 4.79 Å². The first kappa shape index (κ1) is 12.1. The lowest BCUT2D eigenvalue weighted by Crippen LogP contribution is -2.26. The SMILES string of the molecule is CCC1CCC(=O)C(Cc2ccc(Cl)s2)C1. The standard InChI is InChI=1S/C13H17ClOS/c1-2-9-3-5-12(15)10(7-9)8-11-4-6-13(14)16-11/h4,6,9-10H,2-3,5,7-8H2,1H3. The van der Waals surface area contributed by atoms with Crippen molar-refractivity contribution in [3.05, 3.63) is 21.3 Å². The highest BCUT2D eigenvalue weighted by atomic mass is 35.5. The summed E-state index contributed by atoms with van der Waals surface area (Å²) in [5, 5.41) is 0. The van der Waals surface area contributed by atoms with Crippen LogP contribution < -0.4 is 0 Å². The summed E-state index contributed by atoms with van der Waals surface area (Å²) in [6, 6.07) is 3.97. The smallest absolute Gasteiger partial charge is 0.136 e. The molecule has 1 aromatic heterocycles. The molecule has 88 valence electrons. The quantitative estimate of drug-likeness (QED) is 0.786. The molecule has 1 aliphatic rings. The molecule has 16 heavy (non-hydrogen) atoms. The Labute approximate surface area is 106 Å². The number of rotatable bonds is 3. The Morgan fingerprint density at radius 2 is 2.31 bits per heavy atom. The fraction of sp³-hybridized carbons (Fsp3) is 0.615. The average molecular weight is 257 g/mol. The molecule has 1 nitrogen and oxygen atoms in total. The molecule has 0 bridgehead atoms. The van der Waals surface area contributed by atoms with E-state index in [-0.39, 0.29) is 5.92 Å². The first-order valence-electron chi connectivity index (χ1n) is 5.96. The summed E-state index contributed by atoms with van der Waals surface area (Å²) in [5.74, 6) is 1.45. The molecule has 1 aliphatic carbocycles. The van der Waals surface area contributed by atoms with Gasteiger partial charge in [-0.1, -0.05) is 24.9 Å². The van der Waals surface area contributed by atoms with E-state index < -0.39 is 0 Å². The van der Waals surface area contributed by atoms with Crippen molar-refractivity contribution in [1.29, 1.82) is 0 Å². The monoisotopic (exact) mass is 256 g/mol. The molecule has 0 aliphatic heterocycles. The van der Waals surface area contributed by atoms with Crippen LogP contribution in [0.2, 0.25) is 4.34 Å². The molecule has 3 heteroatoms. The van der Waals surface area contributed by atoms with E-state index in [1.54, 1.807) is 11.3 Å². The zero-order valence-electron chi connectivity index (χ0n) is 9.54. The molecule has 0 aromatic carbocycles. The highest BCUT2D eigenvalue weighted by molar-refractivity contribution is 7.16. The van der Waals surface area contributed by atoms with Crippen molar-refractivity contribution < 1.29 is 4.79 Å². The van der Waals surface area contributed by atoms with Crippen LogP contribution in [0, 0.1) is 11.8 Å². The van der Waals surface area contributed by atoms with Crippen molar-refractivity contribution in [2.75, 3.05) is 0 Å². The molecular weight excluding hydrogens is 240 g/mol. The van der Waals surface area contributed by atoms with Crippen LogP contribution in [0.1, 0.15) is 37.5 Å². The predicted molar refractivity (Wildman–Crippen MR) is 69.2 cm³/mol. The summed E-state index contributed by atoms with van der Waals surface area (Å²) in [5.41, 5.74) is 0. The van der Waals surface area contributed by atoms with Crippen LogP contribution in [0.3, 0.4) is 0 Å². The van der Waals surface area contributed by atoms with E-state index in [0.29, 0.717) is 5.78 Å². The van der Waals surface area contributed by atoms with Gasteiger partial charge < -0.3 is 0 Å². The van der Waals surface area contributed by atoms with Gasteiger partial charge in [0.25, 0.3) is 0 Å². The summed E-state index contributed by atoms with van der Waals surface area (Å²) >= 11 is 7.51. The van der Waals surface area contributed by atoms with E-state index in [1.807, 2.05) is 6.07 Å². The Hall–Kier alpha value is -0.340. The molecule has 2 atom stereocenters. The minimum atomic E-state index is 0.244. The van der Waals surface area contributed by atoms with Gasteiger partial charge >= 0.3 is 0 Å². The lowest BCUT2D eigenvalue weighted by Gasteiger charge is -2.26. The third kappa shape index (κ3) is 2.86. The summed E-state index contributed by atoms with van der Waals surface area (Å²) < 4.78 is 0.824. The van der Waals surface area contributed by atoms with Crippen molar-refractivity contribution in [2.45, 2.75) is 39.0 Å². The number of carbonyl (C=O) groups is 1. The molecule has 1 aromatic rings. The summed E-state index contributed by atoms with van der Waals surface area (Å²) in [7, 11) is 0. The molecule has 0 N–H and O–H groups in total. The Morgan fingerprint density at radius 3 is 2.94 bits per heavy atom. The number of Topliss-reactive ketones (excluding diaryl/α,β-unsaturated/α-hetero) is 1. The third-order valence-electron chi connectivity index (χ3n) is 3.53. The second-order valence-electron chi connectivity index (χ2n) is 4.62. The Bertz CT molecular complexity index is 372. The first-order chi connectivity index (χ1) is 7.69. The zero-order valence-corrected chi connectivity index (χ0v) is 11.1. The minimum Gasteiger partial charge on any atom is -0.299 e. The van der Waals surface area contributed by atoms with Crippen molar-refractivity contribution in [3.8, 4) is 0 Å². The maximum Gasteiger partial charge on any atom is 0.136 e. The number of thiophene rings is 1. The number of halogens is 1. The highest BCUT2D eigenvalue weighted by Crippen LogP contribution is 2.33. The van der Waals surface area contributed by atoms with Crippen molar-refractivity contribution in [2.24, 2.45) is 11.8 Å². The van der Waals surface area contributed by atoms with Gasteiger partial charge in [-0.2, -0.15) is 0 Å². The molecule has 0 amide bonds. The van der Waals surface area contributed by atoms with Crippen LogP contribution in [-0.2, 0) is 11.2 Å². The van der Waals surface area contributed by atoms with Gasteiger partial charge in [0.05, 0.1) is 4.34 Å². The van der Waals surface area contributed by atoms with Gasteiger partial charge in [0.2, 0.25) is 0 Å². The molecule has 1 saturated carbocycles. The minimum absolute atomic E-state index is 0.244. The fourth-order valence-corrected chi connectivity index (χ4v) is 3.64. The maximum absolute atomic E-state index is 11.8. The van der Waals surface area contributed by atoms with E-state index in [9.17, 15) is 4.79 Å². The Balaban J connectivity index is 1.99. The fourth-order valence-electron chi connectivity index (χ4n) is 2.47. The number of hydrogen-bond donors (Lipinski definition) is 0. The lowest BCUT2D eigenvalue weighted by molar-refractivity contribution is -0.125. The molecule has 1 heterocycles. The second-order valence-corrected chi connectivity index (χ2v) is 6.42. The lowest BCUT2D eigenvalue weighted by atomic mass is 9.78. The molecular formula is C13H17ClOS. The van der Waals surface area contributed by atoms with Crippen LogP contribution in [-0.4, -0.2) is 5.78 Å². The van der Waals surface area contributed by atoms with E-state index in [0.717, 1.165) is 35.9 Å². The summed E-state index contributed by atoms with van der Waals surface area (Å²) in [6.45, 7) is 2.22. The van der Waals surface area contributed by atoms with E-state index in [2.05, 4.69) is 13.0 Å². The van der Waals surface area contributed by atoms with Crippen molar-refractivity contribution in [3.63, 3.8) is 0 Å². The van der Waals surface area contributed by atoms with Crippen LogP contribution in [0.25, 0.3) is 0 Å². The van der Waals surface area contributed by atoms with E-state index in [4.69, 9.17) is 11.6 Å². The number of carbonyl (C=O) groups excluding carboxylic acids is 1. The van der Waals surface area contributed by atoms with Crippen LogP contribution in [0.5, 0.6) is 0 Å². The van der Waals surface area contributed by atoms with E-state index >= 15 is 0 Å². The third-order valence-corrected chi connectivity index (χ3v) is 4.78. The topological polar surface area (TPSA) is 17.1 Å². The van der Waals surface area contributed by atoms with Gasteiger partial charge in [0, 0.05) is 17.2 Å². The Morgan fingerprint density at radius 1 is 1.50 bits per heavy atom. The predicted octanol–water partition coefficient (Wildman–Crippen LogP) is 4.34. The summed E-state index contributed by atoms with van der Waals surface area (Å²) in [4.78, 5) is 13.1. The second kappa shape index (κ2) is 5.33. The van der Waals surface area contributed by atoms with Gasteiger partial charge in [0.1, 0.15) is 5.78 Å². The van der Waals surface area contributed by atoms with Crippen LogP contribution in [0.15, 0.2) is 12.1 Å². The van der Waals surface area contributed by atoms with Crippen LogP contribution >= 0.6 is 22.9 Å². The van der Waals surface area contributed by atoms with Crippen molar-refractivity contribution in [1.82, 2.24) is 0 Å². The zero-order chi connectivity index (χ0) is 11.5. The largest absolute Gasteiger partial charge is 0.299 e. The molecule has 2 rings (SSSR count). The maximum atomic E-state index is 11.8. The van der Waals surface area contributed by atoms with Gasteiger partial charge in [-0.25, -0.2) is 0 Å². The van der Waals surface area contributed by atoms with Crippen molar-refractivity contribution >= 4 is 28.7 Å². The van der Waals surface area contributed by atoms with Gasteiger partial charge in [0.15, 0.2) is 0 Å². The molecule has 1 fully saturated rings. The number of hydrogen-bond acceptors (Lipinski definition) is 2. The molecule has 0 spiro atoms. The number of ketones is 1. The highest BCUT2D eigenvalue weighted by Gasteiger charge is 2.28. The average Bonchev–Trinajstić information content (AvgIpc) is 2.67. The Kier molecular flexibility index (Phi) is 4.04. The summed E-state index contributed by atoms with van der Waals surface area (Å²) in [6.07, 6.45) is 5.05. The van der Waals surface area contributed by atoms with Gasteiger partial charge in [-0.15, -0.1) is 11.3 Å². The molecule has 0 radical (unpaired) electrons. The molecule has 2 unspecified atom stereocenters. The normalized spacial score (nSPS) is 26.0.